The molecule has 0 unspecified atom stereocenters. The summed E-state index contributed by atoms with van der Waals surface area (Å²) in [6.07, 6.45) is 0. The number of nitrogens with zero attached hydrogens (tertiary/aromatic N) is 2. The van der Waals surface area contributed by atoms with Gasteiger partial charge in [0.2, 0.25) is 11.8 Å². The lowest BCUT2D eigenvalue weighted by molar-refractivity contribution is -0.140. The van der Waals surface area contributed by atoms with Crippen molar-refractivity contribution in [2.75, 3.05) is 10.8 Å². The molecule has 10 heteroatoms. The SMILES string of the molecule is Cc1ccc(CN(C(=O)CN(c2cc(Cl)ccc2Cl)S(=O)(=O)c2ccc(C)cc2)[C@H](C)C(=O)NC(C)(C)C)cc1. The minimum Gasteiger partial charge on any atom is -0.350 e. The topological polar surface area (TPSA) is 86.8 Å². The van der Waals surface area contributed by atoms with Crippen LogP contribution in [0.15, 0.2) is 71.6 Å². The molecule has 0 aliphatic heterocycles. The van der Waals surface area contributed by atoms with Gasteiger partial charge in [0.05, 0.1) is 15.6 Å². The van der Waals surface area contributed by atoms with Crippen LogP contribution in [0.25, 0.3) is 0 Å². The summed E-state index contributed by atoms with van der Waals surface area (Å²) in [5.41, 5.74) is 2.25. The Labute approximate surface area is 247 Å². The lowest BCUT2D eigenvalue weighted by atomic mass is 10.1. The van der Waals surface area contributed by atoms with Gasteiger partial charge in [-0.1, -0.05) is 70.7 Å². The van der Waals surface area contributed by atoms with E-state index in [1.165, 1.54) is 35.2 Å². The first-order valence-electron chi connectivity index (χ1n) is 12.8. The first-order valence-corrected chi connectivity index (χ1v) is 15.0. The average Bonchev–Trinajstić information content (AvgIpc) is 2.87. The molecule has 0 saturated heterocycles. The fraction of sp³-hybridized carbons (Fsp3) is 0.333. The number of aryl methyl sites for hydroxylation is 2. The fourth-order valence-corrected chi connectivity index (χ4v) is 5.84. The Bertz CT molecular complexity index is 1470. The number of carbonyl (C=O) groups is 2. The molecule has 0 saturated carbocycles. The predicted octanol–water partition coefficient (Wildman–Crippen LogP) is 6.14. The second-order valence-corrected chi connectivity index (χ2v) is 13.5. The molecular weight excluding hydrogens is 569 g/mol. The number of benzene rings is 3. The van der Waals surface area contributed by atoms with Gasteiger partial charge >= 0.3 is 0 Å². The first kappa shape index (κ1) is 31.5. The monoisotopic (exact) mass is 603 g/mol. The number of hydrogen-bond donors (Lipinski definition) is 1. The van der Waals surface area contributed by atoms with E-state index >= 15 is 0 Å². The van der Waals surface area contributed by atoms with Crippen LogP contribution in [0.4, 0.5) is 5.69 Å². The Morgan fingerprint density at radius 1 is 0.900 bits per heavy atom. The van der Waals surface area contributed by atoms with E-state index in [2.05, 4.69) is 5.32 Å². The van der Waals surface area contributed by atoms with Gasteiger partial charge in [-0.05, 0) is 77.4 Å². The minimum atomic E-state index is -4.25. The van der Waals surface area contributed by atoms with Gasteiger partial charge in [-0.25, -0.2) is 8.42 Å². The third-order valence-electron chi connectivity index (χ3n) is 6.20. The summed E-state index contributed by atoms with van der Waals surface area (Å²) in [6, 6.07) is 17.4. The number of carbonyl (C=O) groups excluding carboxylic acids is 2. The molecule has 3 aromatic rings. The largest absolute Gasteiger partial charge is 0.350 e. The van der Waals surface area contributed by atoms with Crippen molar-refractivity contribution in [1.29, 1.82) is 0 Å². The van der Waals surface area contributed by atoms with Crippen molar-refractivity contribution in [1.82, 2.24) is 10.2 Å². The van der Waals surface area contributed by atoms with Crippen LogP contribution in [0.5, 0.6) is 0 Å². The van der Waals surface area contributed by atoms with Crippen LogP contribution in [0.1, 0.15) is 44.4 Å². The van der Waals surface area contributed by atoms with Crippen molar-refractivity contribution in [3.8, 4) is 0 Å². The van der Waals surface area contributed by atoms with Gasteiger partial charge in [0, 0.05) is 17.1 Å². The second-order valence-electron chi connectivity index (χ2n) is 10.8. The summed E-state index contributed by atoms with van der Waals surface area (Å²) in [5.74, 6) is -0.939. The Balaban J connectivity index is 2.08. The number of amides is 2. The molecule has 1 atom stereocenters. The zero-order valence-corrected chi connectivity index (χ0v) is 25.9. The van der Waals surface area contributed by atoms with E-state index in [0.717, 1.165) is 21.0 Å². The van der Waals surface area contributed by atoms with Gasteiger partial charge in [-0.15, -0.1) is 0 Å². The van der Waals surface area contributed by atoms with Crippen LogP contribution in [0.2, 0.25) is 10.0 Å². The standard InChI is InChI=1S/C30H35Cl2N3O4S/c1-20-7-11-23(12-8-20)18-34(22(3)29(37)33-30(4,5)6)28(36)19-35(27-17-24(31)13-16-26(27)32)40(38,39)25-14-9-21(2)10-15-25/h7-17,22H,18-19H2,1-6H3,(H,33,37)/t22-/m1/s1. The van der Waals surface area contributed by atoms with Crippen LogP contribution in [0, 0.1) is 13.8 Å². The van der Waals surface area contributed by atoms with Crippen LogP contribution < -0.4 is 9.62 Å². The molecule has 7 nitrogen and oxygen atoms in total. The summed E-state index contributed by atoms with van der Waals surface area (Å²) in [6.45, 7) is 10.5. The van der Waals surface area contributed by atoms with Crippen molar-refractivity contribution in [2.45, 2.75) is 64.6 Å². The lowest BCUT2D eigenvalue weighted by Gasteiger charge is -2.33. The van der Waals surface area contributed by atoms with E-state index in [4.69, 9.17) is 23.2 Å². The molecule has 0 bridgehead atoms. The molecule has 2 amide bonds. The Morgan fingerprint density at radius 2 is 1.45 bits per heavy atom. The number of anilines is 1. The van der Waals surface area contributed by atoms with E-state index < -0.39 is 34.1 Å². The zero-order valence-electron chi connectivity index (χ0n) is 23.5. The predicted molar refractivity (Wildman–Crippen MR) is 161 cm³/mol. The highest BCUT2D eigenvalue weighted by Crippen LogP contribution is 2.33. The number of rotatable bonds is 9. The Kier molecular flexibility index (Phi) is 9.93. The maximum Gasteiger partial charge on any atom is 0.264 e. The molecule has 0 aliphatic rings. The van der Waals surface area contributed by atoms with Crippen LogP contribution in [0.3, 0.4) is 0 Å². The number of hydrogen-bond acceptors (Lipinski definition) is 4. The zero-order chi connectivity index (χ0) is 29.8. The van der Waals surface area contributed by atoms with Crippen molar-refractivity contribution < 1.29 is 18.0 Å². The molecule has 40 heavy (non-hydrogen) atoms. The first-order chi connectivity index (χ1) is 18.6. The molecule has 214 valence electrons. The summed E-state index contributed by atoms with van der Waals surface area (Å²) >= 11 is 12.7. The number of nitrogens with one attached hydrogen (secondary N) is 1. The fourth-order valence-electron chi connectivity index (χ4n) is 3.97. The van der Waals surface area contributed by atoms with Crippen LogP contribution >= 0.6 is 23.2 Å². The molecule has 0 heterocycles. The normalized spacial score (nSPS) is 12.5. The van der Waals surface area contributed by atoms with E-state index in [9.17, 15) is 18.0 Å². The molecule has 0 spiro atoms. The molecule has 3 rings (SSSR count). The van der Waals surface area contributed by atoms with E-state index in [0.29, 0.717) is 0 Å². The van der Waals surface area contributed by atoms with E-state index in [1.807, 2.05) is 58.9 Å². The third-order valence-corrected chi connectivity index (χ3v) is 8.53. The minimum absolute atomic E-state index is 0.00875. The van der Waals surface area contributed by atoms with Crippen molar-refractivity contribution >= 4 is 50.7 Å². The summed E-state index contributed by atoms with van der Waals surface area (Å²) in [4.78, 5) is 28.5. The molecule has 0 aromatic heterocycles. The van der Waals surface area contributed by atoms with Gasteiger partial charge in [0.1, 0.15) is 12.6 Å². The maximum absolute atomic E-state index is 14.0. The Hall–Kier alpha value is -3.07. The quantitative estimate of drug-likeness (QED) is 0.318. The van der Waals surface area contributed by atoms with Gasteiger partial charge < -0.3 is 10.2 Å². The Morgan fingerprint density at radius 3 is 2.00 bits per heavy atom. The highest BCUT2D eigenvalue weighted by Gasteiger charge is 2.34. The van der Waals surface area contributed by atoms with Crippen molar-refractivity contribution in [3.63, 3.8) is 0 Å². The molecule has 0 fully saturated rings. The van der Waals surface area contributed by atoms with E-state index in [-0.39, 0.29) is 33.1 Å². The van der Waals surface area contributed by atoms with Crippen molar-refractivity contribution in [3.05, 3.63) is 93.5 Å². The number of halogens is 2. The number of sulfonamides is 1. The molecular formula is C30H35Cl2N3O4S. The van der Waals surface area contributed by atoms with Crippen LogP contribution in [-0.4, -0.2) is 43.3 Å². The van der Waals surface area contributed by atoms with Crippen molar-refractivity contribution in [2.24, 2.45) is 0 Å². The maximum atomic E-state index is 14.0. The molecule has 3 aromatic carbocycles. The van der Waals surface area contributed by atoms with Crippen LogP contribution in [-0.2, 0) is 26.2 Å². The highest BCUT2D eigenvalue weighted by molar-refractivity contribution is 7.92. The average molecular weight is 605 g/mol. The summed E-state index contributed by atoms with van der Waals surface area (Å²) < 4.78 is 28.8. The molecule has 1 N–H and O–H groups in total. The highest BCUT2D eigenvalue weighted by atomic mass is 35.5. The smallest absolute Gasteiger partial charge is 0.264 e. The van der Waals surface area contributed by atoms with Gasteiger partial charge in [-0.3, -0.25) is 13.9 Å². The lowest BCUT2D eigenvalue weighted by Crippen LogP contribution is -2.54. The van der Waals surface area contributed by atoms with Gasteiger partial charge in [0.15, 0.2) is 0 Å². The third kappa shape index (κ3) is 7.99. The molecule has 0 radical (unpaired) electrons. The van der Waals surface area contributed by atoms with Gasteiger partial charge in [-0.2, -0.15) is 0 Å². The summed E-state index contributed by atoms with van der Waals surface area (Å²) in [5, 5.41) is 3.27. The van der Waals surface area contributed by atoms with Gasteiger partial charge in [0.25, 0.3) is 10.0 Å². The molecule has 0 aliphatic carbocycles. The summed E-state index contributed by atoms with van der Waals surface area (Å²) in [7, 11) is -4.25. The second kappa shape index (κ2) is 12.6. The van der Waals surface area contributed by atoms with E-state index in [1.54, 1.807) is 19.1 Å².